The van der Waals surface area contributed by atoms with Crippen molar-refractivity contribution in [2.75, 3.05) is 42.4 Å². The van der Waals surface area contributed by atoms with Crippen LogP contribution in [0.5, 0.6) is 5.75 Å². The van der Waals surface area contributed by atoms with Crippen molar-refractivity contribution in [1.82, 2.24) is 19.9 Å². The van der Waals surface area contributed by atoms with Crippen LogP contribution in [0.25, 0.3) is 11.4 Å². The molecule has 3 heterocycles. The number of pyridine rings is 1. The molecule has 0 radical (unpaired) electrons. The van der Waals surface area contributed by atoms with Gasteiger partial charge in [0.15, 0.2) is 11.6 Å². The fourth-order valence-corrected chi connectivity index (χ4v) is 5.47. The van der Waals surface area contributed by atoms with E-state index in [9.17, 15) is 18.0 Å². The number of nitrogens with one attached hydrogen (secondary N) is 2. The van der Waals surface area contributed by atoms with E-state index in [1.165, 1.54) is 18.5 Å². The molecule has 1 aliphatic heterocycles. The molecule has 0 bridgehead atoms. The Morgan fingerprint density at radius 1 is 1.00 bits per heavy atom. The minimum atomic E-state index is -3.85. The summed E-state index contributed by atoms with van der Waals surface area (Å²) in [5.41, 5.74) is 2.36. The maximum Gasteiger partial charge on any atom is 0.409 e. The number of carbonyl (C=O) groups excluding carboxylic acids is 1. The molecular weight excluding hydrogens is 560 g/mol. The molecular formula is C29H30N6O6S. The molecule has 0 aliphatic carbocycles. The van der Waals surface area contributed by atoms with E-state index >= 15 is 0 Å². The summed E-state index contributed by atoms with van der Waals surface area (Å²) in [5, 5.41) is 0. The van der Waals surface area contributed by atoms with Crippen molar-refractivity contribution in [3.05, 3.63) is 95.2 Å². The summed E-state index contributed by atoms with van der Waals surface area (Å²) in [4.78, 5) is 38.5. The Labute approximate surface area is 243 Å². The number of aromatic amines is 1. The molecule has 13 heteroatoms. The number of sulfonamides is 1. The van der Waals surface area contributed by atoms with Gasteiger partial charge in [-0.05, 0) is 55.0 Å². The van der Waals surface area contributed by atoms with Gasteiger partial charge in [-0.3, -0.25) is 9.52 Å². The number of hydrogen-bond donors (Lipinski definition) is 2. The van der Waals surface area contributed by atoms with Crippen LogP contribution in [0.3, 0.4) is 0 Å². The summed E-state index contributed by atoms with van der Waals surface area (Å²) in [7, 11) is -3.85. The lowest BCUT2D eigenvalue weighted by atomic mass is 10.2. The number of ether oxygens (including phenoxy) is 2. The maximum atomic E-state index is 13.1. The molecule has 0 atom stereocenters. The topological polar surface area (TPSA) is 147 Å². The number of aromatic nitrogens is 3. The second-order valence-corrected chi connectivity index (χ2v) is 11.1. The molecule has 1 saturated heterocycles. The van der Waals surface area contributed by atoms with Crippen LogP contribution in [-0.2, 0) is 21.4 Å². The first-order valence-electron chi connectivity index (χ1n) is 13.3. The number of amides is 1. The standard InChI is InChI=1S/C29H30N6O6S/c1-2-40-29(37)35-14-12-34(13-15-35)24-6-8-26(9-7-24)42(38,39)33-23-5-3-4-22(17-23)28-31-18-25(19-32-28)41-20-21-10-11-30-27(36)16-21/h3-11,16-19,33H,2,12-15,20H2,1H3,(H,30,36). The number of piperazine rings is 1. The van der Waals surface area contributed by atoms with Gasteiger partial charge in [0.05, 0.1) is 23.9 Å². The van der Waals surface area contributed by atoms with Crippen LogP contribution in [0, 0.1) is 0 Å². The summed E-state index contributed by atoms with van der Waals surface area (Å²) < 4.78 is 39.6. The molecule has 2 aromatic heterocycles. The molecule has 0 unspecified atom stereocenters. The smallest absolute Gasteiger partial charge is 0.409 e. The molecule has 2 aromatic carbocycles. The van der Waals surface area contributed by atoms with Gasteiger partial charge in [0, 0.05) is 55.4 Å². The number of rotatable bonds is 9. The van der Waals surface area contributed by atoms with Gasteiger partial charge in [0.1, 0.15) is 6.61 Å². The van der Waals surface area contributed by atoms with Gasteiger partial charge in [-0.2, -0.15) is 0 Å². The number of H-pyrrole nitrogens is 1. The SMILES string of the molecule is CCOC(=O)N1CCN(c2ccc(S(=O)(=O)Nc3cccc(-c4ncc(OCc5cc[nH]c(=O)c5)cn4)c3)cc2)CC1. The van der Waals surface area contributed by atoms with Gasteiger partial charge >= 0.3 is 6.09 Å². The zero-order valence-corrected chi connectivity index (χ0v) is 23.7. The highest BCUT2D eigenvalue weighted by molar-refractivity contribution is 7.92. The molecule has 0 spiro atoms. The molecule has 5 rings (SSSR count). The second-order valence-electron chi connectivity index (χ2n) is 9.45. The Kier molecular flexibility index (Phi) is 8.67. The highest BCUT2D eigenvalue weighted by Gasteiger charge is 2.23. The van der Waals surface area contributed by atoms with E-state index in [0.29, 0.717) is 61.2 Å². The van der Waals surface area contributed by atoms with E-state index < -0.39 is 10.0 Å². The summed E-state index contributed by atoms with van der Waals surface area (Å²) in [6, 6.07) is 16.6. The van der Waals surface area contributed by atoms with Crippen LogP contribution < -0.4 is 19.9 Å². The minimum Gasteiger partial charge on any atom is -0.486 e. The van der Waals surface area contributed by atoms with Crippen molar-refractivity contribution in [1.29, 1.82) is 0 Å². The van der Waals surface area contributed by atoms with Gasteiger partial charge < -0.3 is 24.3 Å². The van der Waals surface area contributed by atoms with E-state index in [0.717, 1.165) is 5.69 Å². The van der Waals surface area contributed by atoms with Gasteiger partial charge in [0.25, 0.3) is 10.0 Å². The molecule has 218 valence electrons. The number of nitrogens with zero attached hydrogens (tertiary/aromatic N) is 4. The minimum absolute atomic E-state index is 0.125. The summed E-state index contributed by atoms with van der Waals surface area (Å²) >= 11 is 0. The van der Waals surface area contributed by atoms with Crippen molar-refractivity contribution in [2.45, 2.75) is 18.4 Å². The normalized spacial score (nSPS) is 13.5. The van der Waals surface area contributed by atoms with E-state index in [2.05, 4.69) is 24.6 Å². The molecule has 1 fully saturated rings. The third kappa shape index (κ3) is 7.04. The van der Waals surface area contributed by atoms with E-state index in [4.69, 9.17) is 9.47 Å². The van der Waals surface area contributed by atoms with Crippen molar-refractivity contribution >= 4 is 27.5 Å². The fourth-order valence-electron chi connectivity index (χ4n) is 4.42. The largest absolute Gasteiger partial charge is 0.486 e. The quantitative estimate of drug-likeness (QED) is 0.299. The van der Waals surface area contributed by atoms with Crippen LogP contribution in [0.4, 0.5) is 16.2 Å². The number of anilines is 2. The lowest BCUT2D eigenvalue weighted by Gasteiger charge is -2.35. The predicted octanol–water partition coefficient (Wildman–Crippen LogP) is 3.49. The zero-order valence-electron chi connectivity index (χ0n) is 22.9. The Hall–Kier alpha value is -4.91. The maximum absolute atomic E-state index is 13.1. The average molecular weight is 591 g/mol. The number of carbonyl (C=O) groups is 1. The molecule has 12 nitrogen and oxygen atoms in total. The fraction of sp³-hybridized carbons (Fsp3) is 0.241. The summed E-state index contributed by atoms with van der Waals surface area (Å²) in [6.07, 6.45) is 4.27. The van der Waals surface area contributed by atoms with Gasteiger partial charge in [-0.1, -0.05) is 12.1 Å². The highest BCUT2D eigenvalue weighted by atomic mass is 32.2. The highest BCUT2D eigenvalue weighted by Crippen LogP contribution is 2.25. The Balaban J connectivity index is 1.20. The first kappa shape index (κ1) is 28.6. The van der Waals surface area contributed by atoms with Gasteiger partial charge in [-0.15, -0.1) is 0 Å². The summed E-state index contributed by atoms with van der Waals surface area (Å²) in [5.74, 6) is 0.826. The molecule has 42 heavy (non-hydrogen) atoms. The van der Waals surface area contributed by atoms with E-state index in [1.54, 1.807) is 72.6 Å². The second kappa shape index (κ2) is 12.7. The summed E-state index contributed by atoms with van der Waals surface area (Å²) in [6.45, 7) is 4.62. The van der Waals surface area contributed by atoms with Crippen LogP contribution in [0.2, 0.25) is 0 Å². The van der Waals surface area contributed by atoms with Gasteiger partial charge in [-0.25, -0.2) is 23.2 Å². The van der Waals surface area contributed by atoms with Crippen molar-refractivity contribution in [2.24, 2.45) is 0 Å². The van der Waals surface area contributed by atoms with Crippen molar-refractivity contribution in [3.8, 4) is 17.1 Å². The van der Waals surface area contributed by atoms with E-state index in [-0.39, 0.29) is 23.2 Å². The molecule has 2 N–H and O–H groups in total. The molecule has 1 aliphatic rings. The Morgan fingerprint density at radius 3 is 2.43 bits per heavy atom. The average Bonchev–Trinajstić information content (AvgIpc) is 3.00. The van der Waals surface area contributed by atoms with Crippen LogP contribution in [0.1, 0.15) is 12.5 Å². The lowest BCUT2D eigenvalue weighted by molar-refractivity contribution is 0.105. The van der Waals surface area contributed by atoms with Crippen LogP contribution in [0.15, 0.2) is 88.9 Å². The van der Waals surface area contributed by atoms with Crippen LogP contribution >= 0.6 is 0 Å². The van der Waals surface area contributed by atoms with Crippen molar-refractivity contribution in [3.63, 3.8) is 0 Å². The van der Waals surface area contributed by atoms with E-state index in [1.807, 2.05) is 0 Å². The third-order valence-corrected chi connectivity index (χ3v) is 7.96. The third-order valence-electron chi connectivity index (χ3n) is 6.56. The predicted molar refractivity (Wildman–Crippen MR) is 157 cm³/mol. The monoisotopic (exact) mass is 590 g/mol. The van der Waals surface area contributed by atoms with Crippen molar-refractivity contribution < 1.29 is 22.7 Å². The molecule has 4 aromatic rings. The number of benzene rings is 2. The molecule has 1 amide bonds. The Bertz CT molecular complexity index is 1680. The first-order valence-corrected chi connectivity index (χ1v) is 14.8. The molecule has 0 saturated carbocycles. The first-order chi connectivity index (χ1) is 20.3. The Morgan fingerprint density at radius 2 is 1.74 bits per heavy atom. The van der Waals surface area contributed by atoms with Crippen LogP contribution in [-0.4, -0.2) is 67.1 Å². The zero-order chi connectivity index (χ0) is 29.5. The lowest BCUT2D eigenvalue weighted by Crippen LogP contribution is -2.49. The van der Waals surface area contributed by atoms with Gasteiger partial charge in [0.2, 0.25) is 5.56 Å². The number of hydrogen-bond acceptors (Lipinski definition) is 9.